The number of esters is 1. The van der Waals surface area contributed by atoms with Gasteiger partial charge in [-0.2, -0.15) is 0 Å². The summed E-state index contributed by atoms with van der Waals surface area (Å²) in [5.41, 5.74) is 1.10. The van der Waals surface area contributed by atoms with Crippen LogP contribution in [-0.4, -0.2) is 36.0 Å². The number of aromatic nitrogens is 2. The summed E-state index contributed by atoms with van der Waals surface area (Å²) in [7, 11) is -4.19. The van der Waals surface area contributed by atoms with Gasteiger partial charge in [0.25, 0.3) is 10.0 Å². The monoisotopic (exact) mass is 536 g/mol. The van der Waals surface area contributed by atoms with Gasteiger partial charge < -0.3 is 15.4 Å². The van der Waals surface area contributed by atoms with Crippen molar-refractivity contribution in [3.8, 4) is 0 Å². The Morgan fingerprint density at radius 3 is 2.39 bits per heavy atom. The molecule has 2 amide bonds. The van der Waals surface area contributed by atoms with Gasteiger partial charge in [-0.1, -0.05) is 57.8 Å². The predicted octanol–water partition coefficient (Wildman–Crippen LogP) is 4.60. The fourth-order valence-electron chi connectivity index (χ4n) is 4.05. The van der Waals surface area contributed by atoms with E-state index < -0.39 is 28.1 Å². The molecule has 0 saturated heterocycles. The summed E-state index contributed by atoms with van der Waals surface area (Å²) >= 11 is 6.54. The Morgan fingerprint density at radius 2 is 1.83 bits per heavy atom. The molecule has 0 fully saturated rings. The number of unbranched alkanes of at least 4 members (excludes halogenated alkanes) is 1. The van der Waals surface area contributed by atoms with E-state index in [2.05, 4.69) is 15.6 Å². The van der Waals surface area contributed by atoms with E-state index >= 15 is 0 Å². The van der Waals surface area contributed by atoms with Gasteiger partial charge in [0, 0.05) is 12.1 Å². The number of nitrogens with one attached hydrogen (secondary N) is 2. The molecule has 0 aliphatic carbocycles. The van der Waals surface area contributed by atoms with Crippen LogP contribution in [0.2, 0.25) is 5.15 Å². The number of allylic oxidation sites excluding steroid dienone is 1. The van der Waals surface area contributed by atoms with E-state index in [0.29, 0.717) is 12.8 Å². The van der Waals surface area contributed by atoms with Crippen LogP contribution in [0.4, 0.5) is 4.79 Å². The maximum Gasteiger partial charge on any atom is 0.338 e. The average Bonchev–Trinajstić information content (AvgIpc) is 3.13. The molecule has 1 aromatic carbocycles. The van der Waals surface area contributed by atoms with Crippen LogP contribution in [0.15, 0.2) is 40.4 Å². The molecule has 0 radical (unpaired) electrons. The zero-order chi connectivity index (χ0) is 26.8. The summed E-state index contributed by atoms with van der Waals surface area (Å²) in [6.07, 6.45) is 1.81. The molecule has 1 aromatic heterocycles. The number of hydrogen-bond acceptors (Lipinski definition) is 6. The Morgan fingerprint density at radius 1 is 1.19 bits per heavy atom. The number of aryl methyl sites for hydroxylation is 1. The summed E-state index contributed by atoms with van der Waals surface area (Å²) in [6.45, 7) is 11.4. The maximum atomic E-state index is 14.0. The summed E-state index contributed by atoms with van der Waals surface area (Å²) in [5, 5.41) is 5.07. The Balaban J connectivity index is 2.26. The van der Waals surface area contributed by atoms with Gasteiger partial charge in [0.15, 0.2) is 5.15 Å². The predicted molar refractivity (Wildman–Crippen MR) is 137 cm³/mol. The van der Waals surface area contributed by atoms with Gasteiger partial charge in [0.1, 0.15) is 17.6 Å². The van der Waals surface area contributed by atoms with Gasteiger partial charge >= 0.3 is 12.0 Å². The molecule has 36 heavy (non-hydrogen) atoms. The SMILES string of the molecule is CCCCc1nc(Cl)c(C2NC(=O)NC(C)=C2C(=O)OCC)n1S(=O)(=O)c1ccc(C(C)(C)C)cc1. The van der Waals surface area contributed by atoms with Crippen LogP contribution in [0.25, 0.3) is 0 Å². The summed E-state index contributed by atoms with van der Waals surface area (Å²) in [4.78, 5) is 29.7. The first-order chi connectivity index (χ1) is 16.8. The number of rotatable bonds is 8. The summed E-state index contributed by atoms with van der Waals surface area (Å²) in [5.74, 6) is -0.469. The van der Waals surface area contributed by atoms with E-state index in [4.69, 9.17) is 16.3 Å². The summed E-state index contributed by atoms with van der Waals surface area (Å²) < 4.78 is 34.3. The fraction of sp³-hybridized carbons (Fsp3) is 0.480. The van der Waals surface area contributed by atoms with Gasteiger partial charge in [-0.25, -0.2) is 27.0 Å². The van der Waals surface area contributed by atoms with Gasteiger partial charge in [0.05, 0.1) is 17.1 Å². The molecule has 1 aliphatic rings. The molecule has 3 rings (SSSR count). The first-order valence-corrected chi connectivity index (χ1v) is 13.7. The number of ether oxygens (including phenoxy) is 1. The van der Waals surface area contributed by atoms with Crippen molar-refractivity contribution in [1.82, 2.24) is 19.6 Å². The normalized spacial score (nSPS) is 16.5. The minimum Gasteiger partial charge on any atom is -0.463 e. The highest BCUT2D eigenvalue weighted by atomic mass is 35.5. The quantitative estimate of drug-likeness (QED) is 0.476. The van der Waals surface area contributed by atoms with E-state index in [1.165, 1.54) is 0 Å². The number of imidazole rings is 1. The van der Waals surface area contributed by atoms with Crippen LogP contribution < -0.4 is 10.6 Å². The highest BCUT2D eigenvalue weighted by Gasteiger charge is 2.39. The van der Waals surface area contributed by atoms with Gasteiger partial charge in [-0.05, 0) is 43.4 Å². The number of carbonyl (C=O) groups excluding carboxylic acids is 2. The molecule has 0 spiro atoms. The Labute approximate surface area is 217 Å². The standard InChI is InChI=1S/C25H33ClN4O5S/c1-7-9-10-18-28-22(26)21(20-19(23(31)35-8-2)15(3)27-24(32)29-20)30(18)36(33,34)17-13-11-16(12-14-17)25(4,5)6/h11-14,20H,7-10H2,1-6H3,(H2,27,29,32). The van der Waals surface area contributed by atoms with Crippen molar-refractivity contribution in [2.24, 2.45) is 0 Å². The van der Waals surface area contributed by atoms with Crippen LogP contribution in [0, 0.1) is 0 Å². The lowest BCUT2D eigenvalue weighted by Gasteiger charge is -2.28. The highest BCUT2D eigenvalue weighted by Crippen LogP contribution is 2.36. The molecule has 0 bridgehead atoms. The smallest absolute Gasteiger partial charge is 0.338 e. The topological polar surface area (TPSA) is 119 Å². The second-order valence-corrected chi connectivity index (χ2v) is 11.8. The lowest BCUT2D eigenvalue weighted by molar-refractivity contribution is -0.139. The molecule has 1 aliphatic heterocycles. The van der Waals surface area contributed by atoms with Crippen LogP contribution in [-0.2, 0) is 31.4 Å². The van der Waals surface area contributed by atoms with Crippen LogP contribution in [0.3, 0.4) is 0 Å². The third-order valence-corrected chi connectivity index (χ3v) is 7.98. The van der Waals surface area contributed by atoms with Gasteiger partial charge in [-0.3, -0.25) is 0 Å². The van der Waals surface area contributed by atoms with Crippen molar-refractivity contribution >= 4 is 33.6 Å². The first kappa shape index (κ1) is 27.7. The van der Waals surface area contributed by atoms with E-state index in [9.17, 15) is 18.0 Å². The zero-order valence-electron chi connectivity index (χ0n) is 21.4. The largest absolute Gasteiger partial charge is 0.463 e. The van der Waals surface area contributed by atoms with E-state index in [1.807, 2.05) is 27.7 Å². The van der Waals surface area contributed by atoms with E-state index in [-0.39, 0.29) is 44.9 Å². The van der Waals surface area contributed by atoms with Gasteiger partial charge in [-0.15, -0.1) is 0 Å². The molecular weight excluding hydrogens is 504 g/mol. The fourth-order valence-corrected chi connectivity index (χ4v) is 5.94. The summed E-state index contributed by atoms with van der Waals surface area (Å²) in [6, 6.07) is 4.86. The number of amides is 2. The van der Waals surface area contributed by atoms with Crippen molar-refractivity contribution in [3.05, 3.63) is 57.8 Å². The maximum absolute atomic E-state index is 14.0. The Hall–Kier alpha value is -2.85. The van der Waals surface area contributed by atoms with Crippen molar-refractivity contribution in [2.45, 2.75) is 77.2 Å². The average molecular weight is 537 g/mol. The molecule has 11 heteroatoms. The second kappa shape index (κ2) is 10.6. The minimum atomic E-state index is -4.19. The van der Waals surface area contributed by atoms with Crippen molar-refractivity contribution < 1.29 is 22.7 Å². The molecular formula is C25H33ClN4O5S. The van der Waals surface area contributed by atoms with Crippen molar-refractivity contribution in [3.63, 3.8) is 0 Å². The number of nitrogens with zero attached hydrogens (tertiary/aromatic N) is 2. The lowest BCUT2D eigenvalue weighted by atomic mass is 9.87. The van der Waals surface area contributed by atoms with Crippen molar-refractivity contribution in [1.29, 1.82) is 0 Å². The van der Waals surface area contributed by atoms with Crippen LogP contribution in [0.1, 0.15) is 77.5 Å². The first-order valence-electron chi connectivity index (χ1n) is 11.9. The molecule has 196 valence electrons. The number of hydrogen-bond donors (Lipinski definition) is 2. The zero-order valence-corrected chi connectivity index (χ0v) is 23.0. The third kappa shape index (κ3) is 5.44. The Kier molecular flexibility index (Phi) is 8.20. The van der Waals surface area contributed by atoms with Crippen molar-refractivity contribution in [2.75, 3.05) is 6.61 Å². The van der Waals surface area contributed by atoms with Crippen LogP contribution >= 0.6 is 11.6 Å². The molecule has 9 nitrogen and oxygen atoms in total. The molecule has 2 N–H and O–H groups in total. The number of urea groups is 1. The number of carbonyl (C=O) groups is 2. The lowest BCUT2D eigenvalue weighted by Crippen LogP contribution is -2.46. The highest BCUT2D eigenvalue weighted by molar-refractivity contribution is 7.90. The van der Waals surface area contributed by atoms with E-state index in [0.717, 1.165) is 16.0 Å². The molecule has 1 atom stereocenters. The Bertz CT molecular complexity index is 1290. The number of benzene rings is 1. The minimum absolute atomic E-state index is 0.0140. The molecule has 2 aromatic rings. The second-order valence-electron chi connectivity index (χ2n) is 9.64. The number of halogens is 1. The molecule has 2 heterocycles. The van der Waals surface area contributed by atoms with E-state index in [1.54, 1.807) is 38.1 Å². The van der Waals surface area contributed by atoms with Gasteiger partial charge in [0.2, 0.25) is 0 Å². The third-order valence-electron chi connectivity index (χ3n) is 5.94. The molecule has 0 saturated carbocycles. The molecule has 1 unspecified atom stereocenters. The van der Waals surface area contributed by atoms with Crippen LogP contribution in [0.5, 0.6) is 0 Å².